The van der Waals surface area contributed by atoms with Crippen LogP contribution in [0.15, 0.2) is 42.5 Å². The molecule has 1 aliphatic carbocycles. The predicted molar refractivity (Wildman–Crippen MR) is 86.8 cm³/mol. The Morgan fingerprint density at radius 3 is 2.75 bits per heavy atom. The van der Waals surface area contributed by atoms with Crippen LogP contribution in [-0.2, 0) is 6.42 Å². The van der Waals surface area contributed by atoms with E-state index >= 15 is 0 Å². The molecule has 20 heavy (non-hydrogen) atoms. The molecule has 3 rings (SSSR count). The highest BCUT2D eigenvalue weighted by atomic mass is 14.6. The average molecular weight is 267 g/mol. The van der Waals surface area contributed by atoms with Crippen LogP contribution in [0.2, 0.25) is 0 Å². The van der Waals surface area contributed by atoms with Crippen LogP contribution in [0.25, 0.3) is 10.8 Å². The summed E-state index contributed by atoms with van der Waals surface area (Å²) in [6, 6.07) is 15.4. The maximum atomic E-state index is 6.19. The lowest BCUT2D eigenvalue weighted by molar-refractivity contribution is 0.154. The molecule has 2 atom stereocenters. The highest BCUT2D eigenvalue weighted by Gasteiger charge is 2.34. The third-order valence-electron chi connectivity index (χ3n) is 5.06. The minimum atomic E-state index is 0.321. The molecule has 2 N–H and O–H groups in total. The van der Waals surface area contributed by atoms with Crippen molar-refractivity contribution in [3.63, 3.8) is 0 Å². The number of benzene rings is 2. The Balaban J connectivity index is 1.95. The van der Waals surface area contributed by atoms with Gasteiger partial charge in [-0.1, -0.05) is 62.2 Å². The van der Waals surface area contributed by atoms with Crippen LogP contribution < -0.4 is 5.73 Å². The zero-order valence-electron chi connectivity index (χ0n) is 12.4. The summed E-state index contributed by atoms with van der Waals surface area (Å²) in [7, 11) is 0. The highest BCUT2D eigenvalue weighted by molar-refractivity contribution is 5.85. The Kier molecular flexibility index (Phi) is 3.80. The fourth-order valence-corrected chi connectivity index (χ4v) is 4.04. The van der Waals surface area contributed by atoms with Gasteiger partial charge in [0.05, 0.1) is 0 Å². The molecule has 0 amide bonds. The lowest BCUT2D eigenvalue weighted by Gasteiger charge is -2.39. The zero-order chi connectivity index (χ0) is 14.0. The van der Waals surface area contributed by atoms with Gasteiger partial charge in [0.25, 0.3) is 0 Å². The first kappa shape index (κ1) is 13.6. The minimum Gasteiger partial charge on any atom is -0.330 e. The summed E-state index contributed by atoms with van der Waals surface area (Å²) >= 11 is 0. The van der Waals surface area contributed by atoms with Crippen molar-refractivity contribution in [2.75, 3.05) is 6.54 Å². The van der Waals surface area contributed by atoms with Crippen molar-refractivity contribution in [1.29, 1.82) is 0 Å². The molecule has 106 valence electrons. The molecule has 0 heterocycles. The molecule has 1 fully saturated rings. The molecule has 2 aromatic rings. The van der Waals surface area contributed by atoms with Gasteiger partial charge >= 0.3 is 0 Å². The lowest BCUT2D eigenvalue weighted by atomic mass is 9.67. The third-order valence-corrected chi connectivity index (χ3v) is 5.06. The van der Waals surface area contributed by atoms with E-state index in [9.17, 15) is 0 Å². The van der Waals surface area contributed by atoms with Crippen LogP contribution >= 0.6 is 0 Å². The van der Waals surface area contributed by atoms with Crippen LogP contribution in [0.3, 0.4) is 0 Å². The van der Waals surface area contributed by atoms with E-state index in [1.807, 2.05) is 0 Å². The van der Waals surface area contributed by atoms with E-state index in [0.29, 0.717) is 5.41 Å². The molecule has 0 bridgehead atoms. The van der Waals surface area contributed by atoms with Gasteiger partial charge in [0.2, 0.25) is 0 Å². The van der Waals surface area contributed by atoms with Gasteiger partial charge in [-0.05, 0) is 53.5 Å². The van der Waals surface area contributed by atoms with Gasteiger partial charge in [-0.2, -0.15) is 0 Å². The van der Waals surface area contributed by atoms with Crippen molar-refractivity contribution < 1.29 is 0 Å². The molecule has 0 saturated heterocycles. The number of fused-ring (bicyclic) bond motifs is 1. The van der Waals surface area contributed by atoms with Gasteiger partial charge in [0.15, 0.2) is 0 Å². The van der Waals surface area contributed by atoms with E-state index in [1.165, 1.54) is 42.0 Å². The summed E-state index contributed by atoms with van der Waals surface area (Å²) in [6.07, 6.45) is 6.42. The van der Waals surface area contributed by atoms with Gasteiger partial charge in [-0.3, -0.25) is 0 Å². The van der Waals surface area contributed by atoms with Gasteiger partial charge < -0.3 is 5.73 Å². The summed E-state index contributed by atoms with van der Waals surface area (Å²) in [4.78, 5) is 0. The van der Waals surface area contributed by atoms with E-state index in [0.717, 1.165) is 18.9 Å². The molecule has 1 saturated carbocycles. The van der Waals surface area contributed by atoms with Crippen molar-refractivity contribution >= 4 is 10.8 Å². The molecule has 2 unspecified atom stereocenters. The Bertz CT molecular complexity index is 584. The minimum absolute atomic E-state index is 0.321. The number of rotatable bonds is 3. The molecule has 2 aromatic carbocycles. The molecule has 0 aromatic heterocycles. The molecule has 1 nitrogen and oxygen atoms in total. The fraction of sp³-hybridized carbons (Fsp3) is 0.474. The van der Waals surface area contributed by atoms with Crippen LogP contribution in [0, 0.1) is 11.3 Å². The second-order valence-electron chi connectivity index (χ2n) is 6.72. The molecule has 1 aliphatic rings. The topological polar surface area (TPSA) is 26.0 Å². The largest absolute Gasteiger partial charge is 0.330 e. The van der Waals surface area contributed by atoms with Crippen molar-refractivity contribution in [2.24, 2.45) is 17.1 Å². The Hall–Kier alpha value is -1.34. The number of hydrogen-bond acceptors (Lipinski definition) is 1. The number of hydrogen-bond donors (Lipinski definition) is 1. The summed E-state index contributed by atoms with van der Waals surface area (Å²) in [6.45, 7) is 3.20. The number of nitrogens with two attached hydrogens (primary N) is 1. The van der Waals surface area contributed by atoms with Crippen molar-refractivity contribution in [2.45, 2.75) is 39.0 Å². The Morgan fingerprint density at radius 2 is 1.95 bits per heavy atom. The van der Waals surface area contributed by atoms with Gasteiger partial charge in [0.1, 0.15) is 0 Å². The summed E-state index contributed by atoms with van der Waals surface area (Å²) in [5.74, 6) is 0.822. The van der Waals surface area contributed by atoms with E-state index in [4.69, 9.17) is 5.73 Å². The first-order valence-corrected chi connectivity index (χ1v) is 7.89. The predicted octanol–water partition coefficient (Wildman–Crippen LogP) is 4.54. The van der Waals surface area contributed by atoms with Crippen LogP contribution in [0.5, 0.6) is 0 Å². The summed E-state index contributed by atoms with van der Waals surface area (Å²) < 4.78 is 0. The SMILES string of the molecule is CC1CCCC(CN)(Cc2cccc3ccccc23)C1. The van der Waals surface area contributed by atoms with Crippen molar-refractivity contribution in [1.82, 2.24) is 0 Å². The van der Waals surface area contributed by atoms with E-state index in [1.54, 1.807) is 0 Å². The monoisotopic (exact) mass is 267 g/mol. The first-order chi connectivity index (χ1) is 9.72. The van der Waals surface area contributed by atoms with E-state index in [-0.39, 0.29) is 0 Å². The standard InChI is InChI=1S/C19H25N/c1-15-6-5-11-19(12-15,14-20)13-17-9-4-8-16-7-2-3-10-18(16)17/h2-4,7-10,15H,5-6,11-14,20H2,1H3. The van der Waals surface area contributed by atoms with Gasteiger partial charge in [0, 0.05) is 0 Å². The smallest absolute Gasteiger partial charge is 0.00172 e. The van der Waals surface area contributed by atoms with Crippen molar-refractivity contribution in [3.8, 4) is 0 Å². The fourth-order valence-electron chi connectivity index (χ4n) is 4.04. The Morgan fingerprint density at radius 1 is 1.15 bits per heavy atom. The quantitative estimate of drug-likeness (QED) is 0.868. The normalized spacial score (nSPS) is 26.8. The van der Waals surface area contributed by atoms with Crippen LogP contribution in [0.4, 0.5) is 0 Å². The highest BCUT2D eigenvalue weighted by Crippen LogP contribution is 2.42. The summed E-state index contributed by atoms with van der Waals surface area (Å²) in [5.41, 5.74) is 7.99. The Labute approximate surface area is 122 Å². The molecule has 0 spiro atoms. The average Bonchev–Trinajstić information content (AvgIpc) is 2.48. The zero-order valence-corrected chi connectivity index (χ0v) is 12.4. The molecular weight excluding hydrogens is 242 g/mol. The molecule has 1 heteroatoms. The summed E-state index contributed by atoms with van der Waals surface area (Å²) in [5, 5.41) is 2.75. The molecule has 0 aliphatic heterocycles. The first-order valence-electron chi connectivity index (χ1n) is 7.89. The maximum absolute atomic E-state index is 6.19. The van der Waals surface area contributed by atoms with E-state index < -0.39 is 0 Å². The molecule has 0 radical (unpaired) electrons. The second-order valence-corrected chi connectivity index (χ2v) is 6.72. The molecular formula is C19H25N. The van der Waals surface area contributed by atoms with Gasteiger partial charge in [-0.25, -0.2) is 0 Å². The maximum Gasteiger partial charge on any atom is -0.00172 e. The lowest BCUT2D eigenvalue weighted by Crippen LogP contribution is -2.37. The van der Waals surface area contributed by atoms with E-state index in [2.05, 4.69) is 49.4 Å². The van der Waals surface area contributed by atoms with Crippen LogP contribution in [0.1, 0.15) is 38.2 Å². The van der Waals surface area contributed by atoms with Crippen LogP contribution in [-0.4, -0.2) is 6.54 Å². The van der Waals surface area contributed by atoms with Gasteiger partial charge in [-0.15, -0.1) is 0 Å². The van der Waals surface area contributed by atoms with Crippen molar-refractivity contribution in [3.05, 3.63) is 48.0 Å². The second kappa shape index (κ2) is 5.57. The third kappa shape index (κ3) is 2.60.